The highest BCUT2D eigenvalue weighted by Gasteiger charge is 2.07. The van der Waals surface area contributed by atoms with Crippen molar-refractivity contribution in [1.82, 2.24) is 0 Å². The van der Waals surface area contributed by atoms with E-state index in [2.05, 4.69) is 0 Å². The molecule has 0 saturated heterocycles. The number of aliphatic hydroxyl groups is 1. The normalized spacial score (nSPS) is 11.2. The Hall–Kier alpha value is -1.88. The van der Waals surface area contributed by atoms with E-state index in [1.165, 1.54) is 6.08 Å². The number of rotatable bonds is 4. The number of methoxy groups -OCH3 is 1. The van der Waals surface area contributed by atoms with Crippen LogP contribution in [0.3, 0.4) is 0 Å². The molecule has 0 saturated carbocycles. The first-order valence-corrected chi connectivity index (χ1v) is 4.27. The average Bonchev–Trinajstić information content (AvgIpc) is 2.26. The largest absolute Gasteiger partial charge is 0.497 e. The summed E-state index contributed by atoms with van der Waals surface area (Å²) in [5.41, 5.74) is 0.414. The minimum atomic E-state index is -0.607. The Morgan fingerprint density at radius 3 is 2.53 bits per heavy atom. The molecule has 80 valence electrons. The predicted molar refractivity (Wildman–Crippen MR) is 55.1 cm³/mol. The molecule has 0 fully saturated rings. The zero-order chi connectivity index (χ0) is 11.3. The summed E-state index contributed by atoms with van der Waals surface area (Å²) < 4.78 is 4.94. The van der Waals surface area contributed by atoms with Gasteiger partial charge in [-0.3, -0.25) is 10.1 Å². The fourth-order valence-corrected chi connectivity index (χ4v) is 1.05. The molecule has 0 amide bonds. The number of hydrogen-bond donors (Lipinski definition) is 1. The van der Waals surface area contributed by atoms with Gasteiger partial charge >= 0.3 is 0 Å². The number of benzene rings is 1. The maximum Gasteiger partial charge on any atom is 0.271 e. The number of nitrogens with zero attached hydrogens (tertiary/aromatic N) is 1. The molecule has 0 bridgehead atoms. The van der Waals surface area contributed by atoms with E-state index in [4.69, 9.17) is 9.84 Å². The van der Waals surface area contributed by atoms with Gasteiger partial charge in [-0.05, 0) is 17.7 Å². The van der Waals surface area contributed by atoms with E-state index in [0.29, 0.717) is 11.3 Å². The summed E-state index contributed by atoms with van der Waals surface area (Å²) in [6.45, 7) is -0.584. The van der Waals surface area contributed by atoms with Crippen LogP contribution in [0.4, 0.5) is 0 Å². The highest BCUT2D eigenvalue weighted by molar-refractivity contribution is 5.52. The lowest BCUT2D eigenvalue weighted by Gasteiger charge is -1.99. The maximum atomic E-state index is 10.4. The van der Waals surface area contributed by atoms with Crippen molar-refractivity contribution in [2.45, 2.75) is 0 Å². The number of ether oxygens (including phenoxy) is 1. The van der Waals surface area contributed by atoms with Gasteiger partial charge in [0.1, 0.15) is 12.4 Å². The van der Waals surface area contributed by atoms with Crippen LogP contribution in [0.2, 0.25) is 0 Å². The molecule has 0 spiro atoms. The van der Waals surface area contributed by atoms with Gasteiger partial charge in [-0.15, -0.1) is 0 Å². The second-order valence-corrected chi connectivity index (χ2v) is 2.82. The highest BCUT2D eigenvalue weighted by atomic mass is 16.6. The van der Waals surface area contributed by atoms with Crippen molar-refractivity contribution in [3.05, 3.63) is 45.6 Å². The van der Waals surface area contributed by atoms with Crippen molar-refractivity contribution in [1.29, 1.82) is 0 Å². The van der Waals surface area contributed by atoms with Crippen LogP contribution in [-0.2, 0) is 0 Å². The summed E-state index contributed by atoms with van der Waals surface area (Å²) in [5.74, 6) is 0.679. The molecule has 0 heterocycles. The Balaban J connectivity index is 2.92. The van der Waals surface area contributed by atoms with Gasteiger partial charge in [0, 0.05) is 6.08 Å². The predicted octanol–water partition coefficient (Wildman–Crippen LogP) is 1.31. The molecule has 0 aromatic heterocycles. The lowest BCUT2D eigenvalue weighted by Crippen LogP contribution is -2.02. The van der Waals surface area contributed by atoms with Gasteiger partial charge < -0.3 is 9.84 Å². The molecule has 1 aromatic carbocycles. The fourth-order valence-electron chi connectivity index (χ4n) is 1.05. The summed E-state index contributed by atoms with van der Waals surface area (Å²) in [4.78, 5) is 9.80. The minimum Gasteiger partial charge on any atom is -0.497 e. The van der Waals surface area contributed by atoms with Crippen molar-refractivity contribution < 1.29 is 14.8 Å². The van der Waals surface area contributed by atoms with E-state index in [1.807, 2.05) is 0 Å². The Labute approximate surface area is 86.8 Å². The molecule has 1 rings (SSSR count). The van der Waals surface area contributed by atoms with Gasteiger partial charge in [-0.1, -0.05) is 12.1 Å². The van der Waals surface area contributed by atoms with Gasteiger partial charge in [0.05, 0.1) is 12.0 Å². The molecule has 0 aliphatic carbocycles. The fraction of sp³-hybridized carbons (Fsp3) is 0.200. The lowest BCUT2D eigenvalue weighted by atomic mass is 10.2. The standard InChI is InChI=1S/C10H11NO4/c1-15-10-4-2-8(3-5-10)6-9(7-12)11(13)14/h2-6,12H,7H2,1H3. The molecule has 1 N–H and O–H groups in total. The van der Waals surface area contributed by atoms with E-state index in [-0.39, 0.29) is 5.70 Å². The molecule has 5 nitrogen and oxygen atoms in total. The van der Waals surface area contributed by atoms with Gasteiger partial charge in [0.2, 0.25) is 0 Å². The Kier molecular flexibility index (Phi) is 3.82. The third-order valence-electron chi connectivity index (χ3n) is 1.85. The van der Waals surface area contributed by atoms with Crippen molar-refractivity contribution in [3.8, 4) is 5.75 Å². The van der Waals surface area contributed by atoms with Crippen molar-refractivity contribution in [3.63, 3.8) is 0 Å². The first-order valence-electron chi connectivity index (χ1n) is 4.27. The van der Waals surface area contributed by atoms with Crippen molar-refractivity contribution in [2.24, 2.45) is 0 Å². The van der Waals surface area contributed by atoms with Crippen molar-refractivity contribution >= 4 is 6.08 Å². The number of hydrogen-bond acceptors (Lipinski definition) is 4. The highest BCUT2D eigenvalue weighted by Crippen LogP contribution is 2.13. The SMILES string of the molecule is COc1ccc(C=C(CO)[N+](=O)[O-])cc1. The Bertz CT molecular complexity index is 370. The van der Waals surface area contributed by atoms with E-state index < -0.39 is 11.5 Å². The quantitative estimate of drug-likeness (QED) is 0.599. The molecule has 15 heavy (non-hydrogen) atoms. The van der Waals surface area contributed by atoms with Crippen LogP contribution in [0.15, 0.2) is 30.0 Å². The summed E-state index contributed by atoms with van der Waals surface area (Å²) in [6, 6.07) is 6.75. The summed E-state index contributed by atoms with van der Waals surface area (Å²) in [5, 5.41) is 19.1. The third-order valence-corrected chi connectivity index (χ3v) is 1.85. The summed E-state index contributed by atoms with van der Waals surface area (Å²) in [6.07, 6.45) is 1.32. The average molecular weight is 209 g/mol. The van der Waals surface area contributed by atoms with E-state index in [1.54, 1.807) is 31.4 Å². The van der Waals surface area contributed by atoms with Gasteiger partial charge in [-0.25, -0.2) is 0 Å². The first kappa shape index (κ1) is 11.2. The second kappa shape index (κ2) is 5.11. The molecular weight excluding hydrogens is 198 g/mol. The topological polar surface area (TPSA) is 72.6 Å². The molecule has 1 aromatic rings. The molecule has 0 unspecified atom stereocenters. The zero-order valence-corrected chi connectivity index (χ0v) is 8.21. The van der Waals surface area contributed by atoms with Crippen LogP contribution in [-0.4, -0.2) is 23.7 Å². The first-order chi connectivity index (χ1) is 7.17. The van der Waals surface area contributed by atoms with E-state index >= 15 is 0 Å². The van der Waals surface area contributed by atoms with E-state index in [0.717, 1.165) is 0 Å². The summed E-state index contributed by atoms with van der Waals surface area (Å²) in [7, 11) is 1.54. The van der Waals surface area contributed by atoms with Gasteiger partial charge in [0.15, 0.2) is 0 Å². The lowest BCUT2D eigenvalue weighted by molar-refractivity contribution is -0.428. The molecule has 5 heteroatoms. The minimum absolute atomic E-state index is 0.236. The molecule has 0 atom stereocenters. The van der Waals surface area contributed by atoms with E-state index in [9.17, 15) is 10.1 Å². The van der Waals surface area contributed by atoms with Gasteiger partial charge in [0.25, 0.3) is 5.70 Å². The van der Waals surface area contributed by atoms with Crippen LogP contribution < -0.4 is 4.74 Å². The molecule has 0 radical (unpaired) electrons. The maximum absolute atomic E-state index is 10.4. The Morgan fingerprint density at radius 2 is 2.13 bits per heavy atom. The van der Waals surface area contributed by atoms with Crippen LogP contribution in [0.1, 0.15) is 5.56 Å². The smallest absolute Gasteiger partial charge is 0.271 e. The molecule has 0 aliphatic heterocycles. The van der Waals surface area contributed by atoms with Gasteiger partial charge in [-0.2, -0.15) is 0 Å². The van der Waals surface area contributed by atoms with Crippen molar-refractivity contribution in [2.75, 3.05) is 13.7 Å². The number of aliphatic hydroxyl groups excluding tert-OH is 1. The number of nitro groups is 1. The molecular formula is C10H11NO4. The van der Waals surface area contributed by atoms with Crippen LogP contribution >= 0.6 is 0 Å². The molecule has 0 aliphatic rings. The van der Waals surface area contributed by atoms with Crippen LogP contribution in [0, 0.1) is 10.1 Å². The van der Waals surface area contributed by atoms with Crippen LogP contribution in [0.5, 0.6) is 5.75 Å². The third kappa shape index (κ3) is 3.07. The monoisotopic (exact) mass is 209 g/mol. The van der Waals surface area contributed by atoms with Crippen LogP contribution in [0.25, 0.3) is 6.08 Å². The Morgan fingerprint density at radius 1 is 1.53 bits per heavy atom. The zero-order valence-electron chi connectivity index (χ0n) is 8.21. The second-order valence-electron chi connectivity index (χ2n) is 2.82. The summed E-state index contributed by atoms with van der Waals surface area (Å²) >= 11 is 0.